The zero-order valence-electron chi connectivity index (χ0n) is 11.4. The van der Waals surface area contributed by atoms with E-state index in [4.69, 9.17) is 30.9 Å². The van der Waals surface area contributed by atoms with Crippen LogP contribution in [0.4, 0.5) is 0 Å². The molecule has 0 spiro atoms. The molecule has 5 heteroatoms. The van der Waals surface area contributed by atoms with Crippen molar-refractivity contribution in [1.82, 2.24) is 0 Å². The van der Waals surface area contributed by atoms with Crippen molar-refractivity contribution in [2.24, 2.45) is 0 Å². The van der Waals surface area contributed by atoms with Crippen molar-refractivity contribution in [3.05, 3.63) is 34.3 Å². The summed E-state index contributed by atoms with van der Waals surface area (Å²) in [6, 6.07) is 5.70. The van der Waals surface area contributed by atoms with Crippen LogP contribution in [-0.4, -0.2) is 38.8 Å². The average Bonchev–Trinajstić information content (AvgIpc) is 2.43. The lowest BCUT2D eigenvalue weighted by Crippen LogP contribution is -2.06. The predicted octanol–water partition coefficient (Wildman–Crippen LogP) is 2.57. The summed E-state index contributed by atoms with van der Waals surface area (Å²) in [5.74, 6) is 0.0916. The highest BCUT2D eigenvalue weighted by atomic mass is 35.5. The van der Waals surface area contributed by atoms with Crippen LogP contribution < -0.4 is 0 Å². The predicted molar refractivity (Wildman–Crippen MR) is 74.4 cm³/mol. The molecule has 0 bridgehead atoms. The van der Waals surface area contributed by atoms with Crippen LogP contribution >= 0.6 is 11.6 Å². The smallest absolute Gasteiger partial charge is 0.147 e. The van der Waals surface area contributed by atoms with Gasteiger partial charge < -0.3 is 19.3 Å². The maximum absolute atomic E-state index is 9.15. The lowest BCUT2D eigenvalue weighted by atomic mass is 10.00. The molecule has 0 aromatic heterocycles. The number of methoxy groups -OCH3 is 1. The van der Waals surface area contributed by atoms with Crippen molar-refractivity contribution >= 4 is 11.6 Å². The number of aliphatic hydroxyl groups is 1. The van der Waals surface area contributed by atoms with Gasteiger partial charge in [-0.05, 0) is 17.2 Å². The van der Waals surface area contributed by atoms with Crippen LogP contribution in [0.15, 0.2) is 18.2 Å². The lowest BCUT2D eigenvalue weighted by molar-refractivity contribution is -0.0724. The summed E-state index contributed by atoms with van der Waals surface area (Å²) in [7, 11) is 1.62. The van der Waals surface area contributed by atoms with E-state index in [0.29, 0.717) is 24.8 Å². The molecular weight excluding hydrogens is 268 g/mol. The highest BCUT2D eigenvalue weighted by Gasteiger charge is 2.07. The van der Waals surface area contributed by atoms with E-state index in [0.717, 1.165) is 11.1 Å². The topological polar surface area (TPSA) is 47.9 Å². The zero-order valence-corrected chi connectivity index (χ0v) is 12.2. The molecule has 1 rings (SSSR count). The third-order valence-electron chi connectivity index (χ3n) is 2.77. The Morgan fingerprint density at radius 3 is 2.74 bits per heavy atom. The Hall–Kier alpha value is -0.650. The first kappa shape index (κ1) is 16.4. The van der Waals surface area contributed by atoms with Crippen molar-refractivity contribution in [2.75, 3.05) is 33.7 Å². The van der Waals surface area contributed by atoms with E-state index >= 15 is 0 Å². The number of benzene rings is 1. The first-order chi connectivity index (χ1) is 9.19. The Morgan fingerprint density at radius 1 is 1.26 bits per heavy atom. The Kier molecular flexibility index (Phi) is 8.02. The third kappa shape index (κ3) is 5.89. The first-order valence-electron chi connectivity index (χ1n) is 6.22. The van der Waals surface area contributed by atoms with E-state index in [-0.39, 0.29) is 19.3 Å². The fourth-order valence-corrected chi connectivity index (χ4v) is 1.70. The Labute approximate surface area is 119 Å². The van der Waals surface area contributed by atoms with Crippen molar-refractivity contribution in [3.8, 4) is 0 Å². The molecule has 1 N–H and O–H groups in total. The van der Waals surface area contributed by atoms with Gasteiger partial charge in [-0.25, -0.2) is 0 Å². The molecule has 4 nitrogen and oxygen atoms in total. The van der Waals surface area contributed by atoms with E-state index in [1.165, 1.54) is 0 Å². The van der Waals surface area contributed by atoms with Gasteiger partial charge in [0, 0.05) is 24.7 Å². The second-order valence-corrected chi connectivity index (χ2v) is 4.71. The summed E-state index contributed by atoms with van der Waals surface area (Å²) >= 11 is 6.10. The summed E-state index contributed by atoms with van der Waals surface area (Å²) in [5.41, 5.74) is 1.95. The number of halogens is 1. The van der Waals surface area contributed by atoms with Crippen LogP contribution in [0.5, 0.6) is 0 Å². The summed E-state index contributed by atoms with van der Waals surface area (Å²) in [4.78, 5) is 0. The van der Waals surface area contributed by atoms with Crippen molar-refractivity contribution in [2.45, 2.75) is 19.4 Å². The Bertz CT molecular complexity index is 370. The second-order valence-electron chi connectivity index (χ2n) is 4.30. The number of ether oxygens (including phenoxy) is 3. The highest BCUT2D eigenvalue weighted by molar-refractivity contribution is 6.31. The summed E-state index contributed by atoms with van der Waals surface area (Å²) in [6.07, 6.45) is 0. The fraction of sp³-hybridized carbons (Fsp3) is 0.571. The van der Waals surface area contributed by atoms with E-state index < -0.39 is 0 Å². The molecule has 0 amide bonds. The summed E-state index contributed by atoms with van der Waals surface area (Å²) < 4.78 is 15.4. The van der Waals surface area contributed by atoms with Gasteiger partial charge in [-0.2, -0.15) is 0 Å². The molecule has 0 saturated heterocycles. The summed E-state index contributed by atoms with van der Waals surface area (Å²) in [5, 5.41) is 9.81. The van der Waals surface area contributed by atoms with Gasteiger partial charge in [-0.15, -0.1) is 0 Å². The first-order valence-corrected chi connectivity index (χ1v) is 6.60. The Morgan fingerprint density at radius 2 is 2.05 bits per heavy atom. The minimum Gasteiger partial charge on any atom is -0.396 e. The summed E-state index contributed by atoms with van der Waals surface area (Å²) in [6.45, 7) is 3.72. The zero-order chi connectivity index (χ0) is 14.1. The number of hydrogen-bond acceptors (Lipinski definition) is 4. The molecule has 108 valence electrons. The highest BCUT2D eigenvalue weighted by Crippen LogP contribution is 2.23. The number of rotatable bonds is 9. The van der Waals surface area contributed by atoms with Crippen LogP contribution in [0, 0.1) is 0 Å². The van der Waals surface area contributed by atoms with Crippen molar-refractivity contribution < 1.29 is 19.3 Å². The molecule has 1 unspecified atom stereocenters. The molecule has 0 aliphatic carbocycles. The minimum atomic E-state index is 0.0916. The third-order valence-corrected chi connectivity index (χ3v) is 3.14. The van der Waals surface area contributed by atoms with E-state index in [1.54, 1.807) is 7.11 Å². The molecule has 0 fully saturated rings. The van der Waals surface area contributed by atoms with Crippen LogP contribution in [0.2, 0.25) is 5.02 Å². The molecule has 0 aliphatic rings. The van der Waals surface area contributed by atoms with Gasteiger partial charge in [0.1, 0.15) is 6.79 Å². The number of hydrogen-bond donors (Lipinski definition) is 1. The molecule has 0 radical (unpaired) electrons. The van der Waals surface area contributed by atoms with Crippen LogP contribution in [0.3, 0.4) is 0 Å². The molecule has 0 aliphatic heterocycles. The van der Waals surface area contributed by atoms with Crippen LogP contribution in [0.25, 0.3) is 0 Å². The van der Waals surface area contributed by atoms with Crippen molar-refractivity contribution in [1.29, 1.82) is 0 Å². The quantitative estimate of drug-likeness (QED) is 0.560. The van der Waals surface area contributed by atoms with Gasteiger partial charge in [0.15, 0.2) is 0 Å². The van der Waals surface area contributed by atoms with Crippen LogP contribution in [-0.2, 0) is 20.8 Å². The van der Waals surface area contributed by atoms with Gasteiger partial charge >= 0.3 is 0 Å². The van der Waals surface area contributed by atoms with E-state index in [2.05, 4.69) is 0 Å². The number of aliphatic hydroxyl groups excluding tert-OH is 1. The van der Waals surface area contributed by atoms with Gasteiger partial charge in [0.25, 0.3) is 0 Å². The second kappa shape index (κ2) is 9.28. The van der Waals surface area contributed by atoms with E-state index in [1.807, 2.05) is 25.1 Å². The molecular formula is C14H21ClO4. The largest absolute Gasteiger partial charge is 0.396 e. The van der Waals surface area contributed by atoms with Gasteiger partial charge in [0.05, 0.1) is 19.8 Å². The molecule has 0 heterocycles. The maximum atomic E-state index is 9.15. The van der Waals surface area contributed by atoms with Crippen LogP contribution in [0.1, 0.15) is 24.0 Å². The molecule has 0 saturated carbocycles. The minimum absolute atomic E-state index is 0.0916. The SMILES string of the molecule is COCCOCOCc1cc(C(C)CO)ccc1Cl. The van der Waals surface area contributed by atoms with Gasteiger partial charge in [-0.1, -0.05) is 30.7 Å². The lowest BCUT2D eigenvalue weighted by Gasteiger charge is -2.12. The van der Waals surface area contributed by atoms with Crippen molar-refractivity contribution in [3.63, 3.8) is 0 Å². The van der Waals surface area contributed by atoms with E-state index in [9.17, 15) is 0 Å². The molecule has 1 aromatic carbocycles. The molecule has 19 heavy (non-hydrogen) atoms. The van der Waals surface area contributed by atoms with Gasteiger partial charge in [-0.3, -0.25) is 0 Å². The molecule has 1 aromatic rings. The van der Waals surface area contributed by atoms with Gasteiger partial charge in [0.2, 0.25) is 0 Å². The monoisotopic (exact) mass is 288 g/mol. The fourth-order valence-electron chi connectivity index (χ4n) is 1.53. The average molecular weight is 289 g/mol. The normalized spacial score (nSPS) is 12.6. The maximum Gasteiger partial charge on any atom is 0.147 e. The standard InChI is InChI=1S/C14H21ClO4/c1-11(8-16)12-3-4-14(15)13(7-12)9-19-10-18-6-5-17-2/h3-4,7,11,16H,5-6,8-10H2,1-2H3. The molecule has 1 atom stereocenters. The Balaban J connectivity index is 2.43.